The summed E-state index contributed by atoms with van der Waals surface area (Å²) in [5.74, 6) is 1.58. The molecule has 2 aromatic rings. The van der Waals surface area contributed by atoms with E-state index >= 15 is 0 Å². The van der Waals surface area contributed by atoms with E-state index in [4.69, 9.17) is 15.0 Å². The van der Waals surface area contributed by atoms with Crippen molar-refractivity contribution in [1.82, 2.24) is 5.16 Å². The number of benzene rings is 1. The standard InChI is InChI=1S/C14H19N3O2/c1-8(14-9(2)17-19-10(14)3)16-13-7-11(18-4)5-6-12(13)15/h5-8,16H,15H2,1-4H3. The van der Waals surface area contributed by atoms with E-state index in [0.29, 0.717) is 5.69 Å². The van der Waals surface area contributed by atoms with Crippen molar-refractivity contribution in [2.45, 2.75) is 26.8 Å². The van der Waals surface area contributed by atoms with Crippen LogP contribution in [0.3, 0.4) is 0 Å². The maximum atomic E-state index is 5.96. The molecule has 0 aliphatic carbocycles. The van der Waals surface area contributed by atoms with Crippen LogP contribution in [0.2, 0.25) is 0 Å². The Balaban J connectivity index is 2.26. The molecule has 0 amide bonds. The van der Waals surface area contributed by atoms with E-state index < -0.39 is 0 Å². The van der Waals surface area contributed by atoms with Gasteiger partial charge in [-0.3, -0.25) is 0 Å². The van der Waals surface area contributed by atoms with Crippen LogP contribution in [0.5, 0.6) is 5.75 Å². The Kier molecular flexibility index (Phi) is 3.64. The van der Waals surface area contributed by atoms with Crippen molar-refractivity contribution in [3.05, 3.63) is 35.2 Å². The van der Waals surface area contributed by atoms with Gasteiger partial charge in [-0.15, -0.1) is 0 Å². The Morgan fingerprint density at radius 3 is 2.68 bits per heavy atom. The Bertz CT molecular complexity index is 559. The van der Waals surface area contributed by atoms with Gasteiger partial charge in [-0.05, 0) is 32.9 Å². The summed E-state index contributed by atoms with van der Waals surface area (Å²) >= 11 is 0. The molecular formula is C14H19N3O2. The molecule has 3 N–H and O–H groups in total. The van der Waals surface area contributed by atoms with E-state index in [-0.39, 0.29) is 6.04 Å². The lowest BCUT2D eigenvalue weighted by atomic mass is 10.1. The number of hydrogen-bond acceptors (Lipinski definition) is 5. The Labute approximate surface area is 112 Å². The second-order valence-electron chi connectivity index (χ2n) is 4.56. The van der Waals surface area contributed by atoms with Gasteiger partial charge in [-0.1, -0.05) is 5.16 Å². The molecule has 1 unspecified atom stereocenters. The van der Waals surface area contributed by atoms with Crippen LogP contribution in [-0.4, -0.2) is 12.3 Å². The highest BCUT2D eigenvalue weighted by atomic mass is 16.5. The zero-order valence-corrected chi connectivity index (χ0v) is 11.7. The SMILES string of the molecule is COc1ccc(N)c(NC(C)c2c(C)noc2C)c1. The zero-order chi connectivity index (χ0) is 14.0. The number of anilines is 2. The number of rotatable bonds is 4. The Hall–Kier alpha value is -2.17. The average Bonchev–Trinajstić information content (AvgIpc) is 2.71. The molecule has 5 nitrogen and oxygen atoms in total. The molecule has 0 saturated heterocycles. The molecular weight excluding hydrogens is 242 g/mol. The fourth-order valence-electron chi connectivity index (χ4n) is 2.20. The number of nitrogen functional groups attached to an aromatic ring is 1. The monoisotopic (exact) mass is 261 g/mol. The lowest BCUT2D eigenvalue weighted by Crippen LogP contribution is -2.10. The molecule has 0 bridgehead atoms. The topological polar surface area (TPSA) is 73.3 Å². The van der Waals surface area contributed by atoms with Gasteiger partial charge in [0.25, 0.3) is 0 Å². The summed E-state index contributed by atoms with van der Waals surface area (Å²) in [5.41, 5.74) is 9.43. The quantitative estimate of drug-likeness (QED) is 0.827. The number of methoxy groups -OCH3 is 1. The zero-order valence-electron chi connectivity index (χ0n) is 11.7. The first kappa shape index (κ1) is 13.3. The molecule has 102 valence electrons. The summed E-state index contributed by atoms with van der Waals surface area (Å²) < 4.78 is 10.4. The number of ether oxygens (including phenoxy) is 1. The molecule has 1 aromatic carbocycles. The Morgan fingerprint density at radius 1 is 1.37 bits per heavy atom. The van der Waals surface area contributed by atoms with Crippen molar-refractivity contribution in [2.24, 2.45) is 0 Å². The summed E-state index contributed by atoms with van der Waals surface area (Å²) in [5, 5.41) is 7.33. The molecule has 0 fully saturated rings. The third-order valence-electron chi connectivity index (χ3n) is 3.15. The fourth-order valence-corrected chi connectivity index (χ4v) is 2.20. The molecule has 0 aliphatic heterocycles. The molecule has 2 rings (SSSR count). The maximum absolute atomic E-state index is 5.96. The van der Waals surface area contributed by atoms with Crippen LogP contribution < -0.4 is 15.8 Å². The minimum atomic E-state index is 0.0562. The van der Waals surface area contributed by atoms with Crippen molar-refractivity contribution < 1.29 is 9.26 Å². The Morgan fingerprint density at radius 2 is 2.11 bits per heavy atom. The maximum Gasteiger partial charge on any atom is 0.139 e. The lowest BCUT2D eigenvalue weighted by molar-refractivity contribution is 0.392. The third kappa shape index (κ3) is 2.65. The minimum absolute atomic E-state index is 0.0562. The normalized spacial score (nSPS) is 12.2. The number of hydrogen-bond donors (Lipinski definition) is 2. The molecule has 5 heteroatoms. The van der Waals surface area contributed by atoms with Crippen LogP contribution in [0.15, 0.2) is 22.7 Å². The minimum Gasteiger partial charge on any atom is -0.497 e. The number of aromatic nitrogens is 1. The second kappa shape index (κ2) is 5.22. The largest absolute Gasteiger partial charge is 0.497 e. The molecule has 0 radical (unpaired) electrons. The first-order valence-corrected chi connectivity index (χ1v) is 6.15. The summed E-state index contributed by atoms with van der Waals surface area (Å²) in [6.45, 7) is 5.88. The van der Waals surface area contributed by atoms with Gasteiger partial charge >= 0.3 is 0 Å². The van der Waals surface area contributed by atoms with Crippen LogP contribution in [-0.2, 0) is 0 Å². The number of aryl methyl sites for hydroxylation is 2. The van der Waals surface area contributed by atoms with E-state index in [1.807, 2.05) is 39.0 Å². The van der Waals surface area contributed by atoms with Crippen molar-refractivity contribution in [3.63, 3.8) is 0 Å². The van der Waals surface area contributed by atoms with Crippen LogP contribution in [0.1, 0.15) is 30.0 Å². The molecule has 0 spiro atoms. The number of nitrogens with two attached hydrogens (primary N) is 1. The molecule has 1 aromatic heterocycles. The van der Waals surface area contributed by atoms with Crippen LogP contribution in [0, 0.1) is 13.8 Å². The van der Waals surface area contributed by atoms with Gasteiger partial charge in [0, 0.05) is 11.6 Å². The van der Waals surface area contributed by atoms with Gasteiger partial charge in [-0.25, -0.2) is 0 Å². The van der Waals surface area contributed by atoms with Gasteiger partial charge in [-0.2, -0.15) is 0 Å². The van der Waals surface area contributed by atoms with E-state index in [1.54, 1.807) is 7.11 Å². The van der Waals surface area contributed by atoms with Gasteiger partial charge in [0.2, 0.25) is 0 Å². The van der Waals surface area contributed by atoms with Crippen LogP contribution in [0.4, 0.5) is 11.4 Å². The van der Waals surface area contributed by atoms with Gasteiger partial charge in [0.1, 0.15) is 11.5 Å². The molecule has 0 aliphatic rings. The second-order valence-corrected chi connectivity index (χ2v) is 4.56. The summed E-state index contributed by atoms with van der Waals surface area (Å²) in [6.07, 6.45) is 0. The highest BCUT2D eigenvalue weighted by Gasteiger charge is 2.17. The van der Waals surface area contributed by atoms with E-state index in [9.17, 15) is 0 Å². The predicted molar refractivity (Wildman–Crippen MR) is 75.4 cm³/mol. The van der Waals surface area contributed by atoms with Crippen molar-refractivity contribution in [1.29, 1.82) is 0 Å². The number of nitrogens with zero attached hydrogens (tertiary/aromatic N) is 1. The molecule has 0 saturated carbocycles. The van der Waals surface area contributed by atoms with Crippen molar-refractivity contribution in [2.75, 3.05) is 18.2 Å². The predicted octanol–water partition coefficient (Wildman–Crippen LogP) is 3.06. The average molecular weight is 261 g/mol. The van der Waals surface area contributed by atoms with Gasteiger partial charge < -0.3 is 20.3 Å². The highest BCUT2D eigenvalue weighted by Crippen LogP contribution is 2.30. The molecule has 19 heavy (non-hydrogen) atoms. The smallest absolute Gasteiger partial charge is 0.139 e. The highest BCUT2D eigenvalue weighted by molar-refractivity contribution is 5.68. The first-order chi connectivity index (χ1) is 9.02. The number of nitrogens with one attached hydrogen (secondary N) is 1. The lowest BCUT2D eigenvalue weighted by Gasteiger charge is -2.17. The molecule has 1 atom stereocenters. The van der Waals surface area contributed by atoms with E-state index in [1.165, 1.54) is 0 Å². The first-order valence-electron chi connectivity index (χ1n) is 6.15. The van der Waals surface area contributed by atoms with Gasteiger partial charge in [0.15, 0.2) is 0 Å². The van der Waals surface area contributed by atoms with Crippen LogP contribution in [0.25, 0.3) is 0 Å². The van der Waals surface area contributed by atoms with Gasteiger partial charge in [0.05, 0.1) is 30.2 Å². The summed E-state index contributed by atoms with van der Waals surface area (Å²) in [6, 6.07) is 5.59. The van der Waals surface area contributed by atoms with Crippen LogP contribution >= 0.6 is 0 Å². The third-order valence-corrected chi connectivity index (χ3v) is 3.15. The summed E-state index contributed by atoms with van der Waals surface area (Å²) in [4.78, 5) is 0. The van der Waals surface area contributed by atoms with E-state index in [0.717, 1.165) is 28.5 Å². The fraction of sp³-hybridized carbons (Fsp3) is 0.357. The molecule has 1 heterocycles. The van der Waals surface area contributed by atoms with E-state index in [2.05, 4.69) is 10.5 Å². The van der Waals surface area contributed by atoms with Crippen molar-refractivity contribution in [3.8, 4) is 5.75 Å². The summed E-state index contributed by atoms with van der Waals surface area (Å²) in [7, 11) is 1.63. The van der Waals surface area contributed by atoms with Crippen molar-refractivity contribution >= 4 is 11.4 Å².